The quantitative estimate of drug-likeness (QED) is 0.548. The number of ether oxygens (including phenoxy) is 1. The highest BCUT2D eigenvalue weighted by atomic mass is 16.5. The molecule has 2 aromatic heterocycles. The van der Waals surface area contributed by atoms with Crippen LogP contribution in [0.15, 0.2) is 24.7 Å². The Morgan fingerprint density at radius 2 is 2.64 bits per heavy atom. The van der Waals surface area contributed by atoms with Gasteiger partial charge in [-0.1, -0.05) is 0 Å². The fraction of sp³-hybridized carbons (Fsp3) is 0.286. The third-order valence-electron chi connectivity index (χ3n) is 1.50. The Hall–Kier alpha value is -1.29. The molecule has 0 unspecified atom stereocenters. The molecule has 0 amide bonds. The minimum Gasteiger partial charge on any atom is -0.380 e. The van der Waals surface area contributed by atoms with Gasteiger partial charge in [-0.15, -0.1) is 4.63 Å². The molecule has 0 aromatic carbocycles. The molecule has 0 spiro atoms. The number of hydrogen-bond donors (Lipinski definition) is 0. The van der Waals surface area contributed by atoms with E-state index in [4.69, 9.17) is 4.74 Å². The summed E-state index contributed by atoms with van der Waals surface area (Å²) in [4.78, 5) is 0. The highest BCUT2D eigenvalue weighted by molar-refractivity contribution is 4.89. The summed E-state index contributed by atoms with van der Waals surface area (Å²) in [6.07, 6.45) is 5.76. The summed E-state index contributed by atoms with van der Waals surface area (Å²) in [6.45, 7) is 0.564. The molecular weight excluding hydrogens is 142 g/mol. The number of nitrogens with zero attached hydrogens (tertiary/aromatic N) is 3. The average molecular weight is 151 g/mol. The SMILES string of the molecule is COCc1cn2ccc[n+]2[n-]1. The van der Waals surface area contributed by atoms with E-state index in [0.29, 0.717) is 6.61 Å². The molecule has 0 aliphatic carbocycles. The Labute approximate surface area is 64.0 Å². The molecular formula is C7H9N3O. The second kappa shape index (κ2) is 2.39. The maximum absolute atomic E-state index is 4.94. The maximum atomic E-state index is 4.94. The molecule has 2 heterocycles. The van der Waals surface area contributed by atoms with E-state index in [-0.39, 0.29) is 0 Å². The highest BCUT2D eigenvalue weighted by Crippen LogP contribution is 1.91. The van der Waals surface area contributed by atoms with Gasteiger partial charge in [0.15, 0.2) is 6.20 Å². The van der Waals surface area contributed by atoms with E-state index in [1.807, 2.05) is 29.2 Å². The lowest BCUT2D eigenvalue weighted by Crippen LogP contribution is -2.28. The van der Waals surface area contributed by atoms with Crippen LogP contribution in [-0.4, -0.2) is 11.6 Å². The molecule has 58 valence electrons. The lowest BCUT2D eigenvalue weighted by atomic mass is 10.5. The summed E-state index contributed by atoms with van der Waals surface area (Å²) < 4.78 is 8.59. The third kappa shape index (κ3) is 1.01. The van der Waals surface area contributed by atoms with Gasteiger partial charge < -0.3 is 4.74 Å². The van der Waals surface area contributed by atoms with Gasteiger partial charge in [0.05, 0.1) is 6.61 Å². The molecule has 0 saturated carbocycles. The molecule has 2 aromatic rings. The van der Waals surface area contributed by atoms with Crippen molar-refractivity contribution >= 4 is 0 Å². The number of hydrogen-bond acceptors (Lipinski definition) is 1. The van der Waals surface area contributed by atoms with Crippen molar-refractivity contribution in [2.24, 2.45) is 0 Å². The van der Waals surface area contributed by atoms with Crippen molar-refractivity contribution in [2.45, 2.75) is 6.61 Å². The van der Waals surface area contributed by atoms with Gasteiger partial charge in [0.2, 0.25) is 0 Å². The van der Waals surface area contributed by atoms with E-state index in [1.54, 1.807) is 11.7 Å². The van der Waals surface area contributed by atoms with Gasteiger partial charge >= 0.3 is 0 Å². The van der Waals surface area contributed by atoms with Crippen molar-refractivity contribution in [1.82, 2.24) is 9.61 Å². The molecule has 0 aliphatic heterocycles. The Balaban J connectivity index is 2.42. The smallest absolute Gasteiger partial charge is 0.190 e. The zero-order valence-electron chi connectivity index (χ0n) is 6.27. The Morgan fingerprint density at radius 3 is 3.36 bits per heavy atom. The van der Waals surface area contributed by atoms with E-state index in [1.165, 1.54) is 0 Å². The predicted octanol–water partition coefficient (Wildman–Crippen LogP) is -0.372. The van der Waals surface area contributed by atoms with Gasteiger partial charge in [-0.2, -0.15) is 5.10 Å². The number of methoxy groups -OCH3 is 1. The summed E-state index contributed by atoms with van der Waals surface area (Å²) in [6, 6.07) is 1.93. The first-order valence-corrected chi connectivity index (χ1v) is 3.40. The molecule has 0 N–H and O–H groups in total. The van der Waals surface area contributed by atoms with Crippen molar-refractivity contribution in [3.8, 4) is 0 Å². The van der Waals surface area contributed by atoms with Crippen molar-refractivity contribution < 1.29 is 9.37 Å². The molecule has 11 heavy (non-hydrogen) atoms. The third-order valence-corrected chi connectivity index (χ3v) is 1.50. The number of rotatable bonds is 2. The van der Waals surface area contributed by atoms with Crippen LogP contribution in [0.2, 0.25) is 0 Å². The van der Waals surface area contributed by atoms with Crippen molar-refractivity contribution in [3.05, 3.63) is 30.4 Å². The van der Waals surface area contributed by atoms with E-state index in [9.17, 15) is 0 Å². The van der Waals surface area contributed by atoms with Crippen LogP contribution in [0.25, 0.3) is 0 Å². The average Bonchev–Trinajstić information content (AvgIpc) is 2.46. The normalized spacial score (nSPS) is 11.0. The van der Waals surface area contributed by atoms with E-state index >= 15 is 0 Å². The van der Waals surface area contributed by atoms with Crippen LogP contribution >= 0.6 is 0 Å². The van der Waals surface area contributed by atoms with Crippen molar-refractivity contribution in [1.29, 1.82) is 0 Å². The zero-order valence-corrected chi connectivity index (χ0v) is 6.27. The predicted molar refractivity (Wildman–Crippen MR) is 37.1 cm³/mol. The van der Waals surface area contributed by atoms with Crippen LogP contribution in [0.4, 0.5) is 0 Å². The maximum Gasteiger partial charge on any atom is 0.190 e. The molecule has 0 atom stereocenters. The van der Waals surface area contributed by atoms with E-state index in [0.717, 1.165) is 5.69 Å². The van der Waals surface area contributed by atoms with Crippen LogP contribution in [-0.2, 0) is 11.3 Å². The first-order chi connectivity index (χ1) is 5.40. The van der Waals surface area contributed by atoms with Crippen molar-refractivity contribution in [3.63, 3.8) is 0 Å². The molecule has 4 nitrogen and oxygen atoms in total. The molecule has 0 aliphatic rings. The summed E-state index contributed by atoms with van der Waals surface area (Å²) in [5.74, 6) is 0. The van der Waals surface area contributed by atoms with Gasteiger partial charge in [-0.05, 0) is 12.4 Å². The second-order valence-electron chi connectivity index (χ2n) is 2.34. The molecule has 0 bridgehead atoms. The summed E-state index contributed by atoms with van der Waals surface area (Å²) >= 11 is 0. The first kappa shape index (κ1) is 6.42. The Kier molecular flexibility index (Phi) is 1.40. The van der Waals surface area contributed by atoms with Crippen molar-refractivity contribution in [2.75, 3.05) is 7.11 Å². The fourth-order valence-corrected chi connectivity index (χ4v) is 1.06. The van der Waals surface area contributed by atoms with E-state index < -0.39 is 0 Å². The Bertz CT molecular complexity index is 321. The van der Waals surface area contributed by atoms with Gasteiger partial charge in [-0.3, -0.25) is 0 Å². The minimum atomic E-state index is 0.564. The first-order valence-electron chi connectivity index (χ1n) is 3.40. The standard InChI is InChI=1S/C7H9N3O/c1-11-6-7-5-9-3-2-4-10(9)8-7/h2-5H,6H2,1H3. The summed E-state index contributed by atoms with van der Waals surface area (Å²) in [5, 5.41) is 4.22. The monoisotopic (exact) mass is 151 g/mol. The van der Waals surface area contributed by atoms with Crippen LogP contribution in [0.3, 0.4) is 0 Å². The summed E-state index contributed by atoms with van der Waals surface area (Å²) in [5.41, 5.74) is 0.938. The topological polar surface area (TPSA) is 31.8 Å². The van der Waals surface area contributed by atoms with Crippen LogP contribution in [0.1, 0.15) is 5.69 Å². The van der Waals surface area contributed by atoms with Gasteiger partial charge in [-0.25, -0.2) is 4.52 Å². The van der Waals surface area contributed by atoms with E-state index in [2.05, 4.69) is 5.10 Å². The van der Waals surface area contributed by atoms with Gasteiger partial charge in [0.25, 0.3) is 0 Å². The zero-order chi connectivity index (χ0) is 7.68. The lowest BCUT2D eigenvalue weighted by molar-refractivity contribution is -0.677. The second-order valence-corrected chi connectivity index (χ2v) is 2.34. The fourth-order valence-electron chi connectivity index (χ4n) is 1.06. The highest BCUT2D eigenvalue weighted by Gasteiger charge is 1.96. The summed E-state index contributed by atoms with van der Waals surface area (Å²) in [7, 11) is 1.66. The molecule has 0 fully saturated rings. The lowest BCUT2D eigenvalue weighted by Gasteiger charge is -1.90. The van der Waals surface area contributed by atoms with Crippen LogP contribution in [0.5, 0.6) is 0 Å². The molecule has 4 heteroatoms. The minimum absolute atomic E-state index is 0.564. The number of fused-ring (bicyclic) bond motifs is 1. The molecule has 0 saturated heterocycles. The molecule has 2 rings (SSSR count). The number of aromatic nitrogens is 3. The van der Waals surface area contributed by atoms with Gasteiger partial charge in [0.1, 0.15) is 0 Å². The van der Waals surface area contributed by atoms with Crippen LogP contribution < -0.4 is 9.73 Å². The van der Waals surface area contributed by atoms with Crippen LogP contribution in [0, 0.1) is 0 Å². The van der Waals surface area contributed by atoms with Gasteiger partial charge in [0, 0.05) is 18.9 Å². The molecule has 0 radical (unpaired) electrons. The largest absolute Gasteiger partial charge is 0.380 e. The Morgan fingerprint density at radius 1 is 1.73 bits per heavy atom.